The van der Waals surface area contributed by atoms with Crippen LogP contribution in [-0.4, -0.2) is 95.5 Å². The molecular formula is C50H61N13O6. The van der Waals surface area contributed by atoms with Gasteiger partial charge in [-0.15, -0.1) is 0 Å². The number of carbonyl (C=O) groups is 4. The van der Waals surface area contributed by atoms with Gasteiger partial charge in [0.05, 0.1) is 29.3 Å². The molecule has 1 aliphatic rings. The third-order valence-corrected chi connectivity index (χ3v) is 11.2. The Morgan fingerprint density at radius 1 is 0.710 bits per heavy atom. The summed E-state index contributed by atoms with van der Waals surface area (Å²) in [6.07, 6.45) is 8.54. The molecule has 19 heteroatoms. The summed E-state index contributed by atoms with van der Waals surface area (Å²) in [5, 5.41) is 26.9. The minimum Gasteiger partial charge on any atom is -0.507 e. The first kappa shape index (κ1) is 50.9. The predicted octanol–water partition coefficient (Wildman–Crippen LogP) is 5.78. The molecule has 1 saturated carbocycles. The van der Waals surface area contributed by atoms with E-state index >= 15 is 0 Å². The van der Waals surface area contributed by atoms with Crippen molar-refractivity contribution in [1.82, 2.24) is 51.0 Å². The summed E-state index contributed by atoms with van der Waals surface area (Å²) in [6.45, 7) is 6.81. The first-order valence-electron chi connectivity index (χ1n) is 23.0. The number of hydrogen-bond donors (Lipinski definition) is 5. The SMILES string of the molecule is CC(C)(C)OC(=O)N[C@@H](Cc1cc(CN(Cc2ccccn2)Cc2ccccn2)c(O)c(CN(Cc2ccccn2)Cc2ccccn2)c1)C(=O)NCC(=O)NC1CCC(NC(=O)CN=[N+]=[N-])CC1. The monoisotopic (exact) mass is 939 g/mol. The number of nitrogens with one attached hydrogen (secondary N) is 4. The molecule has 4 amide bonds. The number of alkyl carbamates (subject to hydrolysis) is 1. The number of aromatic hydroxyl groups is 1. The quantitative estimate of drug-likeness (QED) is 0.0315. The van der Waals surface area contributed by atoms with Crippen molar-refractivity contribution in [2.24, 2.45) is 5.11 Å². The highest BCUT2D eigenvalue weighted by atomic mass is 16.6. The number of benzene rings is 1. The molecule has 5 N–H and O–H groups in total. The molecule has 0 aliphatic heterocycles. The molecule has 0 radical (unpaired) electrons. The van der Waals surface area contributed by atoms with Gasteiger partial charge in [0.25, 0.3) is 0 Å². The fourth-order valence-electron chi connectivity index (χ4n) is 8.11. The van der Waals surface area contributed by atoms with Crippen LogP contribution in [0.4, 0.5) is 4.79 Å². The lowest BCUT2D eigenvalue weighted by Crippen LogP contribution is -2.52. The number of ether oxygens (including phenoxy) is 1. The van der Waals surface area contributed by atoms with Crippen molar-refractivity contribution < 1.29 is 29.0 Å². The number of aromatic nitrogens is 4. The summed E-state index contributed by atoms with van der Waals surface area (Å²) in [7, 11) is 0. The fourth-order valence-corrected chi connectivity index (χ4v) is 8.11. The lowest BCUT2D eigenvalue weighted by Gasteiger charge is -2.29. The molecule has 0 spiro atoms. The summed E-state index contributed by atoms with van der Waals surface area (Å²) in [6, 6.07) is 25.1. The Hall–Kier alpha value is -7.47. The fraction of sp³-hybridized carbons (Fsp3) is 0.400. The Morgan fingerprint density at radius 3 is 1.54 bits per heavy atom. The molecule has 19 nitrogen and oxygen atoms in total. The topological polar surface area (TPSA) is 253 Å². The molecule has 4 aromatic heterocycles. The van der Waals surface area contributed by atoms with Crippen LogP contribution in [-0.2, 0) is 64.8 Å². The third-order valence-electron chi connectivity index (χ3n) is 11.2. The van der Waals surface area contributed by atoms with Crippen LogP contribution in [0.5, 0.6) is 5.75 Å². The van der Waals surface area contributed by atoms with Gasteiger partial charge in [0, 0.05) is 98.6 Å². The maximum absolute atomic E-state index is 14.1. The third kappa shape index (κ3) is 17.6. The Labute approximate surface area is 402 Å². The van der Waals surface area contributed by atoms with E-state index in [1.807, 2.05) is 84.9 Å². The second-order valence-corrected chi connectivity index (χ2v) is 18.0. The Morgan fingerprint density at radius 2 is 1.14 bits per heavy atom. The summed E-state index contributed by atoms with van der Waals surface area (Å²) in [5.41, 5.74) is 12.7. The van der Waals surface area contributed by atoms with Crippen molar-refractivity contribution >= 4 is 23.8 Å². The molecule has 5 aromatic rings. The number of pyridine rings is 4. The van der Waals surface area contributed by atoms with Crippen LogP contribution < -0.4 is 21.3 Å². The van der Waals surface area contributed by atoms with Crippen molar-refractivity contribution in [2.75, 3.05) is 13.1 Å². The number of carbonyl (C=O) groups excluding carboxylic acids is 4. The normalized spacial score (nSPS) is 15.1. The largest absolute Gasteiger partial charge is 0.507 e. The van der Waals surface area contributed by atoms with Crippen LogP contribution in [0.3, 0.4) is 0 Å². The van der Waals surface area contributed by atoms with E-state index in [4.69, 9.17) is 10.3 Å². The molecule has 1 atom stereocenters. The Bertz CT molecular complexity index is 2290. The van der Waals surface area contributed by atoms with Crippen LogP contribution >= 0.6 is 0 Å². The van der Waals surface area contributed by atoms with Crippen molar-refractivity contribution in [3.63, 3.8) is 0 Å². The molecular weight excluding hydrogens is 879 g/mol. The first-order valence-corrected chi connectivity index (χ1v) is 23.0. The van der Waals surface area contributed by atoms with Gasteiger partial charge in [0.15, 0.2) is 0 Å². The van der Waals surface area contributed by atoms with Crippen LogP contribution in [0.25, 0.3) is 10.4 Å². The van der Waals surface area contributed by atoms with Crippen molar-refractivity contribution in [1.29, 1.82) is 0 Å². The molecule has 1 aromatic carbocycles. The molecule has 4 heterocycles. The van der Waals surface area contributed by atoms with Gasteiger partial charge >= 0.3 is 6.09 Å². The van der Waals surface area contributed by atoms with Crippen molar-refractivity contribution in [3.05, 3.63) is 160 Å². The number of phenols is 1. The molecule has 6 rings (SSSR count). The number of rotatable bonds is 22. The molecule has 1 fully saturated rings. The van der Waals surface area contributed by atoms with Gasteiger partial charge in [-0.05, 0) is 106 Å². The van der Waals surface area contributed by atoms with E-state index in [1.165, 1.54) is 0 Å². The number of phenolic OH excluding ortho intramolecular Hbond substituents is 1. The van der Waals surface area contributed by atoms with E-state index in [0.717, 1.165) is 22.8 Å². The van der Waals surface area contributed by atoms with Gasteiger partial charge in [-0.3, -0.25) is 44.1 Å². The molecule has 1 aliphatic carbocycles. The highest BCUT2D eigenvalue weighted by molar-refractivity contribution is 5.89. The van der Waals surface area contributed by atoms with Crippen LogP contribution in [0.1, 0.15) is 85.9 Å². The van der Waals surface area contributed by atoms with Gasteiger partial charge in [-0.2, -0.15) is 0 Å². The average molecular weight is 940 g/mol. The first-order chi connectivity index (χ1) is 33.3. The standard InChI is InChI=1S/C50H61N13O6/c1-50(2,3)69-49(68)60-44(48(67)56-27-45(64)58-38-16-18-39(19-17-38)59-46(65)28-57-61-51)26-35-24-36(29-62(31-40-12-4-8-20-52-40)32-41-13-5-9-21-53-41)47(66)37(25-35)30-63(33-42-14-6-10-22-54-42)34-43-15-7-11-23-55-43/h4-15,20-25,38-39,44,66H,16-19,26-34H2,1-3H3,(H,56,67)(H,58,64)(H,59,65)(H,60,68)/t38?,39?,44-/m0/s1. The highest BCUT2D eigenvalue weighted by Crippen LogP contribution is 2.30. The highest BCUT2D eigenvalue weighted by Gasteiger charge is 2.28. The molecule has 0 bridgehead atoms. The smallest absolute Gasteiger partial charge is 0.408 e. The van der Waals surface area contributed by atoms with E-state index < -0.39 is 29.6 Å². The molecule has 0 unspecified atom stereocenters. The van der Waals surface area contributed by atoms with Gasteiger partial charge in [0.1, 0.15) is 23.9 Å². The molecule has 362 valence electrons. The predicted molar refractivity (Wildman–Crippen MR) is 257 cm³/mol. The van der Waals surface area contributed by atoms with Gasteiger partial charge in [0.2, 0.25) is 17.7 Å². The second kappa shape index (κ2) is 25.6. The average Bonchev–Trinajstić information content (AvgIpc) is 3.32. The minimum absolute atomic E-state index is 0.0245. The van der Waals surface area contributed by atoms with Crippen LogP contribution in [0.15, 0.2) is 115 Å². The number of azide groups is 1. The van der Waals surface area contributed by atoms with Gasteiger partial charge < -0.3 is 31.1 Å². The molecule has 69 heavy (non-hydrogen) atoms. The zero-order valence-corrected chi connectivity index (χ0v) is 39.3. The maximum atomic E-state index is 14.1. The van der Waals surface area contributed by atoms with Crippen molar-refractivity contribution in [3.8, 4) is 5.75 Å². The van der Waals surface area contributed by atoms with Gasteiger partial charge in [-0.1, -0.05) is 41.5 Å². The maximum Gasteiger partial charge on any atom is 0.408 e. The summed E-state index contributed by atoms with van der Waals surface area (Å²) in [4.78, 5) is 78.0. The zero-order chi connectivity index (χ0) is 49.0. The Balaban J connectivity index is 1.27. The number of amides is 4. The molecule has 0 saturated heterocycles. The summed E-state index contributed by atoms with van der Waals surface area (Å²) in [5.74, 6) is -1.31. The zero-order valence-electron chi connectivity index (χ0n) is 39.3. The second-order valence-electron chi connectivity index (χ2n) is 18.0. The van der Waals surface area contributed by atoms with Crippen LogP contribution in [0, 0.1) is 0 Å². The summed E-state index contributed by atoms with van der Waals surface area (Å²) >= 11 is 0. The van der Waals surface area contributed by atoms with E-state index in [9.17, 15) is 24.3 Å². The summed E-state index contributed by atoms with van der Waals surface area (Å²) < 4.78 is 5.60. The van der Waals surface area contributed by atoms with Crippen molar-refractivity contribution in [2.45, 2.75) is 116 Å². The van der Waals surface area contributed by atoms with E-state index in [0.29, 0.717) is 68.6 Å². The van der Waals surface area contributed by atoms with Gasteiger partial charge in [-0.25, -0.2) is 4.79 Å². The Kier molecular flexibility index (Phi) is 18.9. The number of nitrogens with zero attached hydrogens (tertiary/aromatic N) is 9. The van der Waals surface area contributed by atoms with E-state index in [-0.39, 0.29) is 56.3 Å². The lowest BCUT2D eigenvalue weighted by molar-refractivity contribution is -0.127. The minimum atomic E-state index is -1.20. The van der Waals surface area contributed by atoms with E-state index in [1.54, 1.807) is 45.6 Å². The van der Waals surface area contributed by atoms with Crippen LogP contribution in [0.2, 0.25) is 0 Å². The number of hydrogen-bond acceptors (Lipinski definition) is 13. The lowest BCUT2D eigenvalue weighted by atomic mass is 9.91. The van der Waals surface area contributed by atoms with E-state index in [2.05, 4.69) is 61.0 Å².